The third-order valence-electron chi connectivity index (χ3n) is 2.05. The van der Waals surface area contributed by atoms with Crippen molar-refractivity contribution in [3.8, 4) is 5.75 Å². The zero-order chi connectivity index (χ0) is 11.6. The lowest BCUT2D eigenvalue weighted by Crippen LogP contribution is -2.11. The largest absolute Gasteiger partial charge is 0.496 e. The van der Waals surface area contributed by atoms with E-state index in [9.17, 15) is 13.2 Å². The third-order valence-corrected chi connectivity index (χ3v) is 2.05. The molecule has 1 unspecified atom stereocenters. The van der Waals surface area contributed by atoms with Crippen molar-refractivity contribution >= 4 is 0 Å². The van der Waals surface area contributed by atoms with Gasteiger partial charge in [0.05, 0.1) is 12.7 Å². The van der Waals surface area contributed by atoms with Gasteiger partial charge in [0.1, 0.15) is 5.75 Å². The topological polar surface area (TPSA) is 35.2 Å². The van der Waals surface area contributed by atoms with Crippen LogP contribution in [0.4, 0.5) is 13.2 Å². The van der Waals surface area contributed by atoms with Gasteiger partial charge in [-0.05, 0) is 24.6 Å². The number of nitrogens with two attached hydrogens (primary N) is 1. The fourth-order valence-corrected chi connectivity index (χ4v) is 1.23. The Bertz CT molecular complexity index is 347. The first-order valence-electron chi connectivity index (χ1n) is 4.37. The van der Waals surface area contributed by atoms with Crippen LogP contribution in [0, 0.1) is 0 Å². The number of rotatable bonds is 2. The summed E-state index contributed by atoms with van der Waals surface area (Å²) in [7, 11) is 1.20. The van der Waals surface area contributed by atoms with Crippen molar-refractivity contribution < 1.29 is 17.9 Å². The number of hydrogen-bond acceptors (Lipinski definition) is 2. The van der Waals surface area contributed by atoms with Crippen molar-refractivity contribution in [3.05, 3.63) is 29.3 Å². The van der Waals surface area contributed by atoms with Crippen LogP contribution in [0.5, 0.6) is 5.75 Å². The summed E-state index contributed by atoms with van der Waals surface area (Å²) in [5.74, 6) is -0.188. The van der Waals surface area contributed by atoms with E-state index >= 15 is 0 Å². The van der Waals surface area contributed by atoms with Crippen molar-refractivity contribution in [2.24, 2.45) is 5.73 Å². The van der Waals surface area contributed by atoms with Gasteiger partial charge in [-0.1, -0.05) is 6.07 Å². The van der Waals surface area contributed by atoms with Gasteiger partial charge >= 0.3 is 6.18 Å². The van der Waals surface area contributed by atoms with Crippen LogP contribution in [-0.4, -0.2) is 7.11 Å². The van der Waals surface area contributed by atoms with Crippen molar-refractivity contribution in [2.45, 2.75) is 19.1 Å². The van der Waals surface area contributed by atoms with Gasteiger partial charge in [0.15, 0.2) is 0 Å². The Morgan fingerprint density at radius 3 is 2.33 bits per heavy atom. The maximum atomic E-state index is 12.6. The highest BCUT2D eigenvalue weighted by Gasteiger charge is 2.34. The zero-order valence-corrected chi connectivity index (χ0v) is 8.43. The van der Waals surface area contributed by atoms with Crippen LogP contribution in [0.15, 0.2) is 18.2 Å². The molecule has 0 aliphatic heterocycles. The van der Waals surface area contributed by atoms with Crippen LogP contribution in [0.2, 0.25) is 0 Å². The molecule has 5 heteroatoms. The summed E-state index contributed by atoms with van der Waals surface area (Å²) in [5.41, 5.74) is 5.15. The number of alkyl halides is 3. The number of benzene rings is 1. The van der Waals surface area contributed by atoms with Gasteiger partial charge in [0.2, 0.25) is 0 Å². The van der Waals surface area contributed by atoms with Gasteiger partial charge in [0, 0.05) is 6.04 Å². The van der Waals surface area contributed by atoms with Gasteiger partial charge in [-0.3, -0.25) is 0 Å². The Kier molecular flexibility index (Phi) is 3.24. The molecule has 0 fully saturated rings. The lowest BCUT2D eigenvalue weighted by atomic mass is 10.0. The van der Waals surface area contributed by atoms with Crippen LogP contribution < -0.4 is 10.5 Å². The maximum Gasteiger partial charge on any atom is 0.419 e. The summed E-state index contributed by atoms with van der Waals surface area (Å²) in [5, 5.41) is 0. The Balaban J connectivity index is 3.26. The summed E-state index contributed by atoms with van der Waals surface area (Å²) >= 11 is 0. The van der Waals surface area contributed by atoms with E-state index in [0.29, 0.717) is 5.56 Å². The SMILES string of the molecule is COc1ccc(C(C)N)cc1C(F)(F)F. The summed E-state index contributed by atoms with van der Waals surface area (Å²) in [6, 6.07) is 3.39. The van der Waals surface area contributed by atoms with Crippen LogP contribution in [0.3, 0.4) is 0 Å². The zero-order valence-electron chi connectivity index (χ0n) is 8.43. The molecule has 0 aliphatic carbocycles. The molecule has 0 heterocycles. The molecule has 0 saturated heterocycles. The van der Waals surface area contributed by atoms with Gasteiger partial charge in [-0.25, -0.2) is 0 Å². The normalized spacial score (nSPS) is 13.7. The smallest absolute Gasteiger partial charge is 0.419 e. The molecule has 1 aromatic carbocycles. The highest BCUT2D eigenvalue weighted by molar-refractivity contribution is 5.40. The molecule has 0 bridgehead atoms. The first-order chi connectivity index (χ1) is 6.86. The van der Waals surface area contributed by atoms with Crippen LogP contribution in [-0.2, 0) is 6.18 Å². The average Bonchev–Trinajstić information content (AvgIpc) is 2.15. The van der Waals surface area contributed by atoms with E-state index in [1.807, 2.05) is 0 Å². The minimum atomic E-state index is -4.42. The van der Waals surface area contributed by atoms with E-state index in [1.54, 1.807) is 6.92 Å². The Morgan fingerprint density at radius 1 is 1.33 bits per heavy atom. The molecular formula is C10H12F3NO. The minimum absolute atomic E-state index is 0.188. The summed E-state index contributed by atoms with van der Waals surface area (Å²) < 4.78 is 42.3. The first kappa shape index (κ1) is 11.8. The number of ether oxygens (including phenoxy) is 1. The van der Waals surface area contributed by atoms with Gasteiger partial charge in [-0.15, -0.1) is 0 Å². The van der Waals surface area contributed by atoms with Crippen molar-refractivity contribution in [2.75, 3.05) is 7.11 Å². The predicted octanol–water partition coefficient (Wildman–Crippen LogP) is 2.73. The Hall–Kier alpha value is -1.23. The number of hydrogen-bond donors (Lipinski definition) is 1. The highest BCUT2D eigenvalue weighted by atomic mass is 19.4. The molecule has 1 rings (SSSR count). The Labute approximate surface area is 85.8 Å². The second-order valence-electron chi connectivity index (χ2n) is 3.25. The van der Waals surface area contributed by atoms with Gasteiger partial charge < -0.3 is 10.5 Å². The molecule has 0 radical (unpaired) electrons. The highest BCUT2D eigenvalue weighted by Crippen LogP contribution is 2.37. The molecule has 1 aromatic rings. The molecule has 1 atom stereocenters. The fraction of sp³-hybridized carbons (Fsp3) is 0.400. The van der Waals surface area contributed by atoms with Crippen LogP contribution in [0.25, 0.3) is 0 Å². The maximum absolute atomic E-state index is 12.6. The van der Waals surface area contributed by atoms with E-state index in [2.05, 4.69) is 4.74 Å². The van der Waals surface area contributed by atoms with Crippen LogP contribution in [0.1, 0.15) is 24.1 Å². The lowest BCUT2D eigenvalue weighted by molar-refractivity contribution is -0.138. The third kappa shape index (κ3) is 2.62. The minimum Gasteiger partial charge on any atom is -0.496 e. The van der Waals surface area contributed by atoms with Crippen molar-refractivity contribution in [3.63, 3.8) is 0 Å². The quantitative estimate of drug-likeness (QED) is 0.830. The molecular weight excluding hydrogens is 207 g/mol. The molecule has 15 heavy (non-hydrogen) atoms. The van der Waals surface area contributed by atoms with Gasteiger partial charge in [-0.2, -0.15) is 13.2 Å². The molecule has 0 amide bonds. The van der Waals surface area contributed by atoms with Crippen molar-refractivity contribution in [1.29, 1.82) is 0 Å². The monoisotopic (exact) mass is 219 g/mol. The van der Waals surface area contributed by atoms with Gasteiger partial charge in [0.25, 0.3) is 0 Å². The van der Waals surface area contributed by atoms with E-state index < -0.39 is 17.8 Å². The molecule has 2 nitrogen and oxygen atoms in total. The second-order valence-corrected chi connectivity index (χ2v) is 3.25. The van der Waals surface area contributed by atoms with Crippen molar-refractivity contribution in [1.82, 2.24) is 0 Å². The second kappa shape index (κ2) is 4.10. The van der Waals surface area contributed by atoms with E-state index in [-0.39, 0.29) is 5.75 Å². The molecule has 0 aliphatic rings. The summed E-state index contributed by atoms with van der Waals surface area (Å²) in [6.45, 7) is 1.63. The van der Waals surface area contributed by atoms with E-state index in [1.165, 1.54) is 19.2 Å². The number of methoxy groups -OCH3 is 1. The van der Waals surface area contributed by atoms with E-state index in [0.717, 1.165) is 6.07 Å². The lowest BCUT2D eigenvalue weighted by Gasteiger charge is -2.14. The summed E-state index contributed by atoms with van der Waals surface area (Å²) in [4.78, 5) is 0. The summed E-state index contributed by atoms with van der Waals surface area (Å²) in [6.07, 6.45) is -4.42. The molecule has 0 spiro atoms. The predicted molar refractivity (Wildman–Crippen MR) is 50.6 cm³/mol. The Morgan fingerprint density at radius 2 is 1.93 bits per heavy atom. The molecule has 0 saturated carbocycles. The number of halogens is 3. The molecule has 84 valence electrons. The molecule has 0 aromatic heterocycles. The molecule has 2 N–H and O–H groups in total. The van der Waals surface area contributed by atoms with E-state index in [4.69, 9.17) is 5.73 Å². The average molecular weight is 219 g/mol. The van der Waals surface area contributed by atoms with Crippen LogP contribution >= 0.6 is 0 Å². The first-order valence-corrected chi connectivity index (χ1v) is 4.37. The standard InChI is InChI=1S/C10H12F3NO/c1-6(14)7-3-4-9(15-2)8(5-7)10(11,12)13/h3-6H,14H2,1-2H3. The fourth-order valence-electron chi connectivity index (χ4n) is 1.23.